The van der Waals surface area contributed by atoms with Crippen molar-refractivity contribution >= 4 is 56.2 Å². The van der Waals surface area contributed by atoms with Crippen LogP contribution in [0.4, 0.5) is 4.39 Å². The Balaban J connectivity index is 0.000000108. The Bertz CT molecular complexity index is 5400. The molecule has 4 amide bonds. The summed E-state index contributed by atoms with van der Waals surface area (Å²) in [6.45, 7) is 17.9. The van der Waals surface area contributed by atoms with Gasteiger partial charge >= 0.3 is 0 Å². The van der Waals surface area contributed by atoms with Crippen LogP contribution in [0.5, 0.6) is 0 Å². The summed E-state index contributed by atoms with van der Waals surface area (Å²) in [6.07, 6.45) is 21.2. The van der Waals surface area contributed by atoms with E-state index < -0.39 is 0 Å². The zero-order chi connectivity index (χ0) is 76.7. The maximum atomic E-state index is 15.0. The van der Waals surface area contributed by atoms with Crippen molar-refractivity contribution in [2.45, 2.75) is 181 Å². The molecule has 11 aromatic rings. The number of carbonyl (C=O) groups is 4. The Morgan fingerprint density at radius 1 is 0.402 bits per heavy atom. The number of aromatic amines is 3. The number of nitrogens with one attached hydrogen (secondary N) is 3. The van der Waals surface area contributed by atoms with Crippen LogP contribution in [-0.2, 0) is 103 Å². The van der Waals surface area contributed by atoms with Gasteiger partial charge in [-0.25, -0.2) is 4.39 Å². The third kappa shape index (κ3) is 14.6. The molecule has 25 nitrogen and oxygen atoms in total. The van der Waals surface area contributed by atoms with Gasteiger partial charge in [-0.1, -0.05) is 42.5 Å². The molecule has 0 spiro atoms. The monoisotopic (exact) mass is 1520 g/mol. The van der Waals surface area contributed by atoms with E-state index in [0.717, 1.165) is 222 Å². The third-order valence-electron chi connectivity index (χ3n) is 24.7. The Labute approximate surface area is 649 Å². The summed E-state index contributed by atoms with van der Waals surface area (Å²) in [6, 6.07) is 27.0. The second-order valence-corrected chi connectivity index (χ2v) is 31.2. The number of hydrogen-bond donors (Lipinski definition) is 3. The van der Waals surface area contributed by atoms with Crippen molar-refractivity contribution < 1.29 is 42.5 Å². The van der Waals surface area contributed by atoms with Crippen LogP contribution in [-0.4, -0.2) is 182 Å². The van der Waals surface area contributed by atoms with Gasteiger partial charge in [-0.2, -0.15) is 25.5 Å². The van der Waals surface area contributed by atoms with E-state index in [1.807, 2.05) is 74.5 Å². The Morgan fingerprint density at radius 2 is 0.804 bits per heavy atom. The first kappa shape index (κ1) is 74.3. The number of nitrogens with zero attached hydrogens (tertiary/aromatic N) is 13. The fraction of sp³-hybridized carbons (Fsp3) is 0.465. The van der Waals surface area contributed by atoms with Crippen LogP contribution in [0.15, 0.2) is 102 Å². The largest absolute Gasteiger partial charge is 0.381 e. The normalized spacial score (nSPS) is 18.3. The van der Waals surface area contributed by atoms with Crippen molar-refractivity contribution in [1.82, 2.24) is 78.9 Å². The number of carbonyl (C=O) groups excluding carboxylic acids is 4. The van der Waals surface area contributed by atoms with Crippen molar-refractivity contribution in [2.75, 3.05) is 79.0 Å². The van der Waals surface area contributed by atoms with E-state index in [9.17, 15) is 28.4 Å². The highest BCUT2D eigenvalue weighted by atomic mass is 19.1. The quantitative estimate of drug-likeness (QED) is 0.128. The highest BCUT2D eigenvalue weighted by molar-refractivity contribution is 5.98. The molecule has 112 heavy (non-hydrogen) atoms. The van der Waals surface area contributed by atoms with Gasteiger partial charge in [-0.15, -0.1) is 0 Å². The molecule has 584 valence electrons. The molecule has 3 N–H and O–H groups in total. The lowest BCUT2D eigenvalue weighted by atomic mass is 9.86. The van der Waals surface area contributed by atoms with Crippen LogP contribution in [0.25, 0.3) is 77.6 Å². The Hall–Kier alpha value is -10.4. The molecule has 20 rings (SSSR count). The second kappa shape index (κ2) is 32.4. The molecule has 0 unspecified atom stereocenters. The molecule has 0 radical (unpaired) electrons. The minimum Gasteiger partial charge on any atom is -0.381 e. The molecular weight excluding hydrogens is 1420 g/mol. The van der Waals surface area contributed by atoms with Gasteiger partial charge in [0.05, 0.1) is 53.0 Å². The number of pyridine rings is 1. The van der Waals surface area contributed by atoms with E-state index in [1.165, 1.54) is 70.2 Å². The number of rotatable bonds is 8. The molecule has 4 saturated heterocycles. The van der Waals surface area contributed by atoms with Crippen molar-refractivity contribution in [3.05, 3.63) is 170 Å². The number of aryl methyl sites for hydroxylation is 1. The first-order chi connectivity index (χ1) is 54.7. The van der Waals surface area contributed by atoms with Gasteiger partial charge in [0.2, 0.25) is 23.6 Å². The number of aromatic nitrogens is 12. The molecule has 4 fully saturated rings. The minimum absolute atomic E-state index is 0.0377. The number of H-pyrrole nitrogens is 3. The summed E-state index contributed by atoms with van der Waals surface area (Å²) in [5.74, 6) is 0.106. The van der Waals surface area contributed by atoms with Gasteiger partial charge in [0, 0.05) is 260 Å². The average Bonchev–Trinajstić information content (AvgIpc) is 1.63. The van der Waals surface area contributed by atoms with Crippen LogP contribution in [0.2, 0.25) is 0 Å². The zero-order valence-electron chi connectivity index (χ0n) is 64.5. The van der Waals surface area contributed by atoms with Crippen molar-refractivity contribution in [3.8, 4) is 45.0 Å². The molecule has 9 aliphatic rings. The van der Waals surface area contributed by atoms with E-state index in [4.69, 9.17) is 39.3 Å². The summed E-state index contributed by atoms with van der Waals surface area (Å²) in [5, 5.41) is 31.0. The number of amides is 4. The van der Waals surface area contributed by atoms with E-state index in [-0.39, 0.29) is 41.0 Å². The summed E-state index contributed by atoms with van der Waals surface area (Å²) in [4.78, 5) is 73.9. The predicted molar refractivity (Wildman–Crippen MR) is 422 cm³/mol. The molecule has 1 aliphatic carbocycles. The molecule has 0 bridgehead atoms. The summed E-state index contributed by atoms with van der Waals surface area (Å²) >= 11 is 0. The molecule has 26 heteroatoms. The molecule has 7 aromatic heterocycles. The van der Waals surface area contributed by atoms with Gasteiger partial charge in [0.15, 0.2) is 0 Å². The van der Waals surface area contributed by atoms with Crippen molar-refractivity contribution in [3.63, 3.8) is 0 Å². The maximum absolute atomic E-state index is 15.0. The molecule has 0 atom stereocenters. The molecular formula is C86H99FN16O9. The lowest BCUT2D eigenvalue weighted by molar-refractivity contribution is -0.130. The fourth-order valence-corrected chi connectivity index (χ4v) is 18.6. The number of benzene rings is 4. The molecule has 15 heterocycles. The fourth-order valence-electron chi connectivity index (χ4n) is 18.6. The van der Waals surface area contributed by atoms with Gasteiger partial charge in [-0.05, 0) is 130 Å². The van der Waals surface area contributed by atoms with Gasteiger partial charge in [-0.3, -0.25) is 47.8 Å². The first-order valence-corrected chi connectivity index (χ1v) is 40.4. The Kier molecular flexibility index (Phi) is 21.5. The van der Waals surface area contributed by atoms with E-state index in [0.29, 0.717) is 74.0 Å². The highest BCUT2D eigenvalue weighted by Crippen LogP contribution is 2.43. The summed E-state index contributed by atoms with van der Waals surface area (Å²) in [5.41, 5.74) is 21.7. The smallest absolute Gasteiger partial charge is 0.255 e. The van der Waals surface area contributed by atoms with E-state index >= 15 is 0 Å². The van der Waals surface area contributed by atoms with Gasteiger partial charge < -0.3 is 48.5 Å². The number of hydrogen-bond acceptors (Lipinski definition) is 14. The lowest BCUT2D eigenvalue weighted by Gasteiger charge is -2.29. The van der Waals surface area contributed by atoms with Crippen LogP contribution in [0, 0.1) is 5.82 Å². The minimum atomic E-state index is -0.286. The van der Waals surface area contributed by atoms with Gasteiger partial charge in [0.1, 0.15) is 11.5 Å². The average molecular weight is 1520 g/mol. The SMILES string of the molecule is CC(=O)N1CCc2c(c(-c3c(F)ccc4[nH]ccc34)nn2C2CCOCC2)C1.CC(=O)N1CCc2c(c(-c3cccc4[nH]ncc34)nn2C2CCOCC2)C1.CC(=O)N1CCc2c(c(-c3cccc4c(=O)[nH]ccc34)nn2C2CCOCC2)C1.CC(=O)N1CCc2c(c(-c3cccc4c3CCCC4)nn2C2CCOCC2)C1. The first-order valence-electron chi connectivity index (χ1n) is 40.4. The maximum Gasteiger partial charge on any atom is 0.255 e. The van der Waals surface area contributed by atoms with E-state index in [2.05, 4.69) is 63.2 Å². The van der Waals surface area contributed by atoms with Crippen LogP contribution < -0.4 is 5.56 Å². The third-order valence-corrected chi connectivity index (χ3v) is 24.7. The topological polar surface area (TPSA) is 267 Å². The summed E-state index contributed by atoms with van der Waals surface area (Å²) < 4.78 is 46.0. The number of ether oxygens (including phenoxy) is 4. The van der Waals surface area contributed by atoms with Crippen LogP contribution in [0.3, 0.4) is 0 Å². The van der Waals surface area contributed by atoms with Gasteiger partial charge in [0.25, 0.3) is 5.56 Å². The predicted octanol–water partition coefficient (Wildman–Crippen LogP) is 12.4. The molecule has 4 aromatic carbocycles. The second-order valence-electron chi connectivity index (χ2n) is 31.2. The standard InChI is InChI=1S/C23H29N3O2.C22H24N4O3.C21H23FN4O2.C20H23N5O2/c1-16(27)25-12-9-22-21(15-25)23(24-26(22)18-10-13-28-14-11-18)20-8-4-6-17-5-2-3-7-19(17)20;1-14(27)25-10-6-20-19(13-25)21(24-26(20)15-7-11-29-12-8-15)17-3-2-4-18-16(17)5-9-23-22(18)28;1-13(27)25-9-5-19-16(12-25)21(24-26(19)14-6-10-28-11-7-14)20-15-4-8-23-18(15)3-2-17(20)22;1-13(26)24-8-5-19-17(12-24)20(23-25(19)14-6-9-27-10-7-14)15-3-2-4-18-16(15)11-21-22-18/h4,6,8,18H,2-3,5,7,9-15H2,1H3;2-5,9,15H,6-8,10-13H2,1H3,(H,23,28);2-4,8,14,23H,5-7,9-12H2,1H3;2-4,11,14H,5-10,12H2,1H3,(H,21,22). The number of halogens is 1. The molecule has 0 saturated carbocycles. The summed E-state index contributed by atoms with van der Waals surface area (Å²) in [7, 11) is 0. The van der Waals surface area contributed by atoms with Crippen molar-refractivity contribution in [2.24, 2.45) is 0 Å². The molecule has 8 aliphatic heterocycles. The van der Waals surface area contributed by atoms with Crippen LogP contribution >= 0.6 is 0 Å². The zero-order valence-corrected chi connectivity index (χ0v) is 64.5. The van der Waals surface area contributed by atoms with Crippen molar-refractivity contribution in [1.29, 1.82) is 0 Å². The van der Waals surface area contributed by atoms with E-state index in [1.54, 1.807) is 40.0 Å². The number of fused-ring (bicyclic) bond motifs is 8. The lowest BCUT2D eigenvalue weighted by Crippen LogP contribution is -2.35. The Morgan fingerprint density at radius 3 is 1.29 bits per heavy atom. The van der Waals surface area contributed by atoms with Crippen LogP contribution in [0.1, 0.15) is 172 Å². The highest BCUT2D eigenvalue weighted by Gasteiger charge is 2.37.